The van der Waals surface area contributed by atoms with Crippen LogP contribution in [0.4, 0.5) is 0 Å². The molecule has 4 heteroatoms. The Hall–Kier alpha value is -1.81. The van der Waals surface area contributed by atoms with Gasteiger partial charge in [0.25, 0.3) is 0 Å². The molecule has 3 aromatic rings. The van der Waals surface area contributed by atoms with Crippen molar-refractivity contribution in [2.24, 2.45) is 5.73 Å². The minimum atomic E-state index is 0. The van der Waals surface area contributed by atoms with E-state index < -0.39 is 0 Å². The number of halogens is 1. The van der Waals surface area contributed by atoms with Crippen LogP contribution >= 0.6 is 12.4 Å². The van der Waals surface area contributed by atoms with E-state index in [-0.39, 0.29) is 12.4 Å². The van der Waals surface area contributed by atoms with Crippen LogP contribution in [-0.4, -0.2) is 24.2 Å². The lowest BCUT2D eigenvalue weighted by Crippen LogP contribution is -2.21. The van der Waals surface area contributed by atoms with Crippen molar-refractivity contribution in [1.82, 2.24) is 9.88 Å². The van der Waals surface area contributed by atoms with Gasteiger partial charge in [0.2, 0.25) is 0 Å². The Morgan fingerprint density at radius 3 is 2.50 bits per heavy atom. The number of rotatable bonds is 9. The second-order valence-corrected chi connectivity index (χ2v) is 8.54. The minimum Gasteiger partial charge on any atom is -0.344 e. The number of hydrogen-bond acceptors (Lipinski definition) is 2. The van der Waals surface area contributed by atoms with Gasteiger partial charge in [0, 0.05) is 29.1 Å². The van der Waals surface area contributed by atoms with Crippen LogP contribution in [0.1, 0.15) is 67.2 Å². The van der Waals surface area contributed by atoms with Crippen LogP contribution in [0, 0.1) is 6.92 Å². The van der Waals surface area contributed by atoms with Crippen molar-refractivity contribution in [1.29, 1.82) is 0 Å². The summed E-state index contributed by atoms with van der Waals surface area (Å²) in [5.41, 5.74) is 11.4. The highest BCUT2D eigenvalue weighted by molar-refractivity contribution is 5.85. The fourth-order valence-corrected chi connectivity index (χ4v) is 5.05. The highest BCUT2D eigenvalue weighted by Gasteiger charge is 2.24. The zero-order chi connectivity index (χ0) is 20.1. The summed E-state index contributed by atoms with van der Waals surface area (Å²) >= 11 is 0. The molecule has 162 valence electrons. The third-order valence-electron chi connectivity index (χ3n) is 6.60. The normalized spacial score (nSPS) is 15.4. The van der Waals surface area contributed by atoms with E-state index in [1.54, 1.807) is 0 Å². The van der Waals surface area contributed by atoms with Crippen molar-refractivity contribution in [3.05, 3.63) is 71.4 Å². The quantitative estimate of drug-likeness (QED) is 0.416. The average molecular weight is 426 g/mol. The molecule has 1 fully saturated rings. The number of benzene rings is 2. The maximum atomic E-state index is 5.65. The van der Waals surface area contributed by atoms with E-state index in [9.17, 15) is 0 Å². The van der Waals surface area contributed by atoms with E-state index in [0.717, 1.165) is 32.5 Å². The first kappa shape index (κ1) is 22.9. The summed E-state index contributed by atoms with van der Waals surface area (Å²) in [7, 11) is 0. The van der Waals surface area contributed by atoms with E-state index >= 15 is 0 Å². The molecule has 1 aromatic heterocycles. The van der Waals surface area contributed by atoms with E-state index in [2.05, 4.69) is 71.5 Å². The van der Waals surface area contributed by atoms with E-state index in [1.807, 2.05) is 0 Å². The van der Waals surface area contributed by atoms with Crippen LogP contribution in [0.2, 0.25) is 0 Å². The Balaban J connectivity index is 0.00000256. The van der Waals surface area contributed by atoms with Crippen LogP contribution in [0.15, 0.2) is 54.7 Å². The molecule has 1 aliphatic rings. The molecular weight excluding hydrogens is 390 g/mol. The molecule has 0 spiro atoms. The van der Waals surface area contributed by atoms with Crippen LogP contribution in [-0.2, 0) is 0 Å². The molecule has 0 saturated heterocycles. The van der Waals surface area contributed by atoms with Crippen molar-refractivity contribution < 1.29 is 0 Å². The summed E-state index contributed by atoms with van der Waals surface area (Å²) in [5.74, 6) is 0.411. The van der Waals surface area contributed by atoms with Gasteiger partial charge in [0.15, 0.2) is 0 Å². The summed E-state index contributed by atoms with van der Waals surface area (Å²) in [6, 6.07) is 18.6. The first-order valence-electron chi connectivity index (χ1n) is 11.4. The van der Waals surface area contributed by atoms with E-state index in [0.29, 0.717) is 12.0 Å². The number of para-hydroxylation sites is 1. The number of aryl methyl sites for hydroxylation is 1. The van der Waals surface area contributed by atoms with Crippen LogP contribution in [0.25, 0.3) is 10.9 Å². The number of nitrogens with one attached hydrogen (secondary N) is 1. The molecule has 0 amide bonds. The Morgan fingerprint density at radius 1 is 1.00 bits per heavy atom. The number of nitrogens with zero attached hydrogens (tertiary/aromatic N) is 1. The lowest BCUT2D eigenvalue weighted by Gasteiger charge is -2.20. The van der Waals surface area contributed by atoms with Gasteiger partial charge < -0.3 is 15.6 Å². The van der Waals surface area contributed by atoms with Crippen LogP contribution in [0.5, 0.6) is 0 Å². The van der Waals surface area contributed by atoms with Gasteiger partial charge in [-0.2, -0.15) is 0 Å². The molecule has 1 unspecified atom stereocenters. The van der Waals surface area contributed by atoms with Gasteiger partial charge in [-0.25, -0.2) is 0 Å². The largest absolute Gasteiger partial charge is 0.344 e. The molecule has 1 atom stereocenters. The molecule has 1 aliphatic carbocycles. The number of aromatic nitrogens is 1. The van der Waals surface area contributed by atoms with E-state index in [4.69, 9.17) is 5.73 Å². The fraction of sp³-hybridized carbons (Fsp3) is 0.462. The Kier molecular flexibility index (Phi) is 8.38. The second-order valence-electron chi connectivity index (χ2n) is 8.54. The molecule has 3 N–H and O–H groups in total. The lowest BCUT2D eigenvalue weighted by atomic mass is 9.86. The van der Waals surface area contributed by atoms with Crippen molar-refractivity contribution in [3.8, 4) is 0 Å². The molecule has 0 bridgehead atoms. The van der Waals surface area contributed by atoms with Crippen molar-refractivity contribution in [3.63, 3.8) is 0 Å². The highest BCUT2D eigenvalue weighted by Crippen LogP contribution is 2.39. The molecule has 3 nitrogen and oxygen atoms in total. The topological polar surface area (TPSA) is 43.0 Å². The minimum absolute atomic E-state index is 0. The third-order valence-corrected chi connectivity index (χ3v) is 6.60. The maximum Gasteiger partial charge on any atom is 0.0485 e. The molecule has 1 saturated carbocycles. The Morgan fingerprint density at radius 2 is 1.73 bits per heavy atom. The molecule has 0 aliphatic heterocycles. The average Bonchev–Trinajstić information content (AvgIpc) is 3.40. The zero-order valence-electron chi connectivity index (χ0n) is 18.1. The molecule has 30 heavy (non-hydrogen) atoms. The predicted molar refractivity (Wildman–Crippen MR) is 131 cm³/mol. The molecule has 1 heterocycles. The van der Waals surface area contributed by atoms with Crippen LogP contribution < -0.4 is 11.1 Å². The van der Waals surface area contributed by atoms with Gasteiger partial charge in [-0.3, -0.25) is 0 Å². The summed E-state index contributed by atoms with van der Waals surface area (Å²) < 4.78 is 2.59. The summed E-state index contributed by atoms with van der Waals surface area (Å²) in [6.45, 7) is 5.02. The third kappa shape index (κ3) is 4.91. The maximum absolute atomic E-state index is 5.65. The SMILES string of the molecule is Cc1ccccc1C(CCNCCCN)c1cn(C2CCCC2)c2ccccc12.Cl. The molecule has 2 aromatic carbocycles. The van der Waals surface area contributed by atoms with Gasteiger partial charge in [0.1, 0.15) is 0 Å². The first-order valence-corrected chi connectivity index (χ1v) is 11.4. The Labute approximate surface area is 187 Å². The fourth-order valence-electron chi connectivity index (χ4n) is 5.05. The highest BCUT2D eigenvalue weighted by atomic mass is 35.5. The second kappa shape index (κ2) is 11.0. The van der Waals surface area contributed by atoms with Gasteiger partial charge in [0.05, 0.1) is 0 Å². The summed E-state index contributed by atoms with van der Waals surface area (Å²) in [4.78, 5) is 0. The lowest BCUT2D eigenvalue weighted by molar-refractivity contribution is 0.532. The Bertz CT molecular complexity index is 927. The standard InChI is InChI=1S/C26H35N3.ClH/c1-20-9-2-5-12-22(20)23(15-18-28-17-8-16-27)25-19-29(21-10-3-4-11-21)26-14-7-6-13-24(25)26;/h2,5-7,9,12-14,19,21,23,28H,3-4,8,10-11,15-18,27H2,1H3;1H. The molecule has 0 radical (unpaired) electrons. The van der Waals surface area contributed by atoms with Crippen molar-refractivity contribution in [2.45, 2.75) is 57.4 Å². The summed E-state index contributed by atoms with van der Waals surface area (Å²) in [6.07, 6.45) is 9.97. The number of nitrogens with two attached hydrogens (primary N) is 1. The molecular formula is C26H36ClN3. The summed E-state index contributed by atoms with van der Waals surface area (Å²) in [5, 5.41) is 5.02. The van der Waals surface area contributed by atoms with Gasteiger partial charge in [-0.1, -0.05) is 55.3 Å². The monoisotopic (exact) mass is 425 g/mol. The predicted octanol–water partition coefficient (Wildman–Crippen LogP) is 5.95. The van der Waals surface area contributed by atoms with Gasteiger partial charge in [-0.05, 0) is 75.0 Å². The van der Waals surface area contributed by atoms with Gasteiger partial charge in [-0.15, -0.1) is 12.4 Å². The van der Waals surface area contributed by atoms with Crippen molar-refractivity contribution in [2.75, 3.05) is 19.6 Å². The number of hydrogen-bond donors (Lipinski definition) is 2. The molecule has 4 rings (SSSR count). The first-order chi connectivity index (χ1) is 14.3. The number of fused-ring (bicyclic) bond motifs is 1. The smallest absolute Gasteiger partial charge is 0.0485 e. The van der Waals surface area contributed by atoms with E-state index in [1.165, 1.54) is 53.3 Å². The van der Waals surface area contributed by atoms with Gasteiger partial charge >= 0.3 is 0 Å². The zero-order valence-corrected chi connectivity index (χ0v) is 19.0. The van der Waals surface area contributed by atoms with Crippen molar-refractivity contribution >= 4 is 23.3 Å². The van der Waals surface area contributed by atoms with Crippen LogP contribution in [0.3, 0.4) is 0 Å².